The highest BCUT2D eigenvalue weighted by Gasteiger charge is 2.47. The summed E-state index contributed by atoms with van der Waals surface area (Å²) in [6.45, 7) is 1.89. The van der Waals surface area contributed by atoms with Crippen LogP contribution < -0.4 is 4.74 Å². The summed E-state index contributed by atoms with van der Waals surface area (Å²) in [4.78, 5) is 13.5. The second-order valence-electron chi connectivity index (χ2n) is 8.31. The maximum absolute atomic E-state index is 13.6. The van der Waals surface area contributed by atoms with Gasteiger partial charge in [0.15, 0.2) is 0 Å². The number of nitrogens with zero attached hydrogens (tertiary/aromatic N) is 2. The predicted molar refractivity (Wildman–Crippen MR) is 126 cm³/mol. The fraction of sp³-hybridized carbons (Fsp3) is 0.192. The number of benzene rings is 3. The van der Waals surface area contributed by atoms with Crippen molar-refractivity contribution in [3.05, 3.63) is 101 Å². The van der Waals surface area contributed by atoms with Crippen molar-refractivity contribution in [2.45, 2.75) is 30.2 Å². The summed E-state index contributed by atoms with van der Waals surface area (Å²) >= 11 is 0. The van der Waals surface area contributed by atoms with E-state index in [1.165, 1.54) is 0 Å². The number of ether oxygens (including phenoxy) is 1. The zero-order valence-corrected chi connectivity index (χ0v) is 19.2. The molecule has 2 heterocycles. The number of amides is 1. The van der Waals surface area contributed by atoms with Crippen LogP contribution in [0.15, 0.2) is 83.9 Å². The molecule has 0 unspecified atom stereocenters. The lowest BCUT2D eigenvalue weighted by Gasteiger charge is -2.48. The van der Waals surface area contributed by atoms with Gasteiger partial charge in [-0.15, -0.1) is 4.41 Å². The SMILES string of the molecule is COc1ccc([C@H]2CC(=O)N(S(=O)(=O)c3ccc(C)cc3)N3C=Cc4ccccc4[C@@H]23)cc1. The van der Waals surface area contributed by atoms with E-state index in [1.807, 2.05) is 61.5 Å². The van der Waals surface area contributed by atoms with Gasteiger partial charge in [-0.05, 0) is 54.0 Å². The summed E-state index contributed by atoms with van der Waals surface area (Å²) in [5.41, 5.74) is 3.90. The second kappa shape index (κ2) is 8.08. The normalized spacial score (nSPS) is 19.8. The summed E-state index contributed by atoms with van der Waals surface area (Å²) in [7, 11) is -2.47. The van der Waals surface area contributed by atoms with E-state index in [2.05, 4.69) is 0 Å². The molecule has 0 spiro atoms. The second-order valence-corrected chi connectivity index (χ2v) is 10.1. The molecule has 3 aromatic carbocycles. The number of hydrogen-bond donors (Lipinski definition) is 0. The Balaban J connectivity index is 1.63. The van der Waals surface area contributed by atoms with E-state index in [4.69, 9.17) is 4.74 Å². The van der Waals surface area contributed by atoms with E-state index in [0.29, 0.717) is 0 Å². The predicted octanol–water partition coefficient (Wildman–Crippen LogP) is 4.65. The van der Waals surface area contributed by atoms with Crippen molar-refractivity contribution in [1.82, 2.24) is 9.42 Å². The average Bonchev–Trinajstić information content (AvgIpc) is 2.83. The Hall–Kier alpha value is -3.58. The Morgan fingerprint density at radius 2 is 1.64 bits per heavy atom. The van der Waals surface area contributed by atoms with E-state index in [-0.39, 0.29) is 23.3 Å². The summed E-state index contributed by atoms with van der Waals surface area (Å²) in [6, 6.07) is 21.7. The Morgan fingerprint density at radius 1 is 0.939 bits per heavy atom. The first kappa shape index (κ1) is 21.3. The van der Waals surface area contributed by atoms with E-state index in [0.717, 1.165) is 32.4 Å². The van der Waals surface area contributed by atoms with Gasteiger partial charge in [0, 0.05) is 18.5 Å². The topological polar surface area (TPSA) is 66.9 Å². The van der Waals surface area contributed by atoms with Crippen LogP contribution >= 0.6 is 0 Å². The van der Waals surface area contributed by atoms with Gasteiger partial charge in [0.05, 0.1) is 18.0 Å². The molecule has 6 nitrogen and oxygen atoms in total. The van der Waals surface area contributed by atoms with E-state index >= 15 is 0 Å². The quantitative estimate of drug-likeness (QED) is 0.567. The molecule has 5 rings (SSSR count). The minimum absolute atomic E-state index is 0.0702. The molecule has 3 aromatic rings. The highest BCUT2D eigenvalue weighted by Crippen LogP contribution is 2.48. The summed E-state index contributed by atoms with van der Waals surface area (Å²) in [6.07, 6.45) is 3.63. The first-order valence-electron chi connectivity index (χ1n) is 10.7. The maximum atomic E-state index is 13.6. The molecule has 2 aliphatic heterocycles. The van der Waals surface area contributed by atoms with Crippen LogP contribution in [0.3, 0.4) is 0 Å². The molecule has 168 valence electrons. The number of rotatable bonds is 4. The van der Waals surface area contributed by atoms with Crippen LogP contribution in [0.1, 0.15) is 40.6 Å². The van der Waals surface area contributed by atoms with E-state index in [1.54, 1.807) is 42.6 Å². The first-order chi connectivity index (χ1) is 15.9. The summed E-state index contributed by atoms with van der Waals surface area (Å²) in [5.74, 6) is 0.0425. The largest absolute Gasteiger partial charge is 0.497 e. The number of sulfonamides is 1. The molecule has 1 saturated heterocycles. The Bertz CT molecular complexity index is 1330. The number of carbonyl (C=O) groups excluding carboxylic acids is 1. The van der Waals surface area contributed by atoms with Gasteiger partial charge in [-0.25, -0.2) is 0 Å². The molecule has 0 radical (unpaired) electrons. The average molecular weight is 461 g/mol. The molecule has 1 amide bonds. The lowest BCUT2D eigenvalue weighted by atomic mass is 9.80. The van der Waals surface area contributed by atoms with Gasteiger partial charge in [-0.2, -0.15) is 8.42 Å². The molecule has 0 saturated carbocycles. The zero-order valence-electron chi connectivity index (χ0n) is 18.4. The van der Waals surface area contributed by atoms with Crippen molar-refractivity contribution in [2.75, 3.05) is 7.11 Å². The van der Waals surface area contributed by atoms with Crippen molar-refractivity contribution in [3.8, 4) is 5.75 Å². The minimum atomic E-state index is -4.08. The first-order valence-corrected chi connectivity index (χ1v) is 12.2. The van der Waals surface area contributed by atoms with Crippen LogP contribution in [0.2, 0.25) is 0 Å². The van der Waals surface area contributed by atoms with Crippen LogP contribution in [0, 0.1) is 6.92 Å². The molecule has 0 aromatic heterocycles. The molecule has 1 fully saturated rings. The van der Waals surface area contributed by atoms with Crippen LogP contribution in [0.25, 0.3) is 6.08 Å². The third-order valence-electron chi connectivity index (χ3n) is 6.30. The molecule has 33 heavy (non-hydrogen) atoms. The summed E-state index contributed by atoms with van der Waals surface area (Å²) in [5, 5.41) is 1.58. The van der Waals surface area contributed by atoms with Crippen LogP contribution in [0.4, 0.5) is 0 Å². The lowest BCUT2D eigenvalue weighted by molar-refractivity contribution is -0.144. The van der Waals surface area contributed by atoms with Crippen molar-refractivity contribution in [1.29, 1.82) is 0 Å². The number of carbonyl (C=O) groups is 1. The van der Waals surface area contributed by atoms with Gasteiger partial charge in [0.25, 0.3) is 15.9 Å². The van der Waals surface area contributed by atoms with E-state index < -0.39 is 15.9 Å². The Labute approximate surface area is 193 Å². The number of fused-ring (bicyclic) bond motifs is 3. The molecule has 0 aliphatic carbocycles. The molecule has 7 heteroatoms. The third kappa shape index (κ3) is 3.58. The number of methoxy groups -OCH3 is 1. The fourth-order valence-corrected chi connectivity index (χ4v) is 6.05. The van der Waals surface area contributed by atoms with Crippen molar-refractivity contribution >= 4 is 22.0 Å². The zero-order chi connectivity index (χ0) is 23.2. The number of hydrogen-bond acceptors (Lipinski definition) is 5. The number of hydrazine groups is 1. The van der Waals surface area contributed by atoms with Gasteiger partial charge >= 0.3 is 0 Å². The molecular weight excluding hydrogens is 436 g/mol. The number of aryl methyl sites for hydroxylation is 1. The highest BCUT2D eigenvalue weighted by atomic mass is 32.2. The van der Waals surface area contributed by atoms with Gasteiger partial charge in [0.1, 0.15) is 5.75 Å². The van der Waals surface area contributed by atoms with Gasteiger partial charge < -0.3 is 4.74 Å². The van der Waals surface area contributed by atoms with Crippen LogP contribution in [-0.2, 0) is 14.8 Å². The smallest absolute Gasteiger partial charge is 0.284 e. The van der Waals surface area contributed by atoms with Crippen molar-refractivity contribution in [3.63, 3.8) is 0 Å². The molecular formula is C26H24N2O4S. The maximum Gasteiger partial charge on any atom is 0.284 e. The fourth-order valence-electron chi connectivity index (χ4n) is 4.62. The molecule has 2 atom stereocenters. The van der Waals surface area contributed by atoms with Crippen molar-refractivity contribution in [2.24, 2.45) is 0 Å². The van der Waals surface area contributed by atoms with E-state index in [9.17, 15) is 13.2 Å². The molecule has 2 aliphatic rings. The van der Waals surface area contributed by atoms with Crippen molar-refractivity contribution < 1.29 is 17.9 Å². The van der Waals surface area contributed by atoms with Gasteiger partial charge in [-0.3, -0.25) is 9.80 Å². The Kier molecular flexibility index (Phi) is 5.21. The Morgan fingerprint density at radius 3 is 2.33 bits per heavy atom. The molecule has 0 bridgehead atoms. The van der Waals surface area contributed by atoms with Crippen LogP contribution in [-0.4, -0.2) is 30.9 Å². The van der Waals surface area contributed by atoms with Crippen LogP contribution in [0.5, 0.6) is 5.75 Å². The highest BCUT2D eigenvalue weighted by molar-refractivity contribution is 7.89. The van der Waals surface area contributed by atoms with Gasteiger partial charge in [0.2, 0.25) is 0 Å². The minimum Gasteiger partial charge on any atom is -0.497 e. The monoisotopic (exact) mass is 460 g/mol. The standard InChI is InChI=1S/C26H24N2O4S/c1-18-7-13-22(14-8-18)33(30,31)28-25(29)17-24(20-9-11-21(32-2)12-10-20)26-23-6-4-3-5-19(23)15-16-27(26)28/h3-16,24,26H,17H2,1-2H3/t24-,26+/m1/s1. The molecule has 0 N–H and O–H groups in total. The third-order valence-corrected chi connectivity index (χ3v) is 8.01. The van der Waals surface area contributed by atoms with Gasteiger partial charge in [-0.1, -0.05) is 54.1 Å². The summed E-state index contributed by atoms with van der Waals surface area (Å²) < 4.78 is 33.5. The lowest BCUT2D eigenvalue weighted by Crippen LogP contribution is -2.55.